The van der Waals surface area contributed by atoms with Crippen LogP contribution in [0, 0.1) is 5.82 Å². The van der Waals surface area contributed by atoms with Gasteiger partial charge in [0.1, 0.15) is 0 Å². The van der Waals surface area contributed by atoms with Crippen molar-refractivity contribution in [2.75, 3.05) is 7.11 Å². The van der Waals surface area contributed by atoms with Crippen molar-refractivity contribution in [3.63, 3.8) is 0 Å². The van der Waals surface area contributed by atoms with E-state index >= 15 is 0 Å². The van der Waals surface area contributed by atoms with E-state index in [-0.39, 0.29) is 17.6 Å². The quantitative estimate of drug-likeness (QED) is 0.885. The van der Waals surface area contributed by atoms with Crippen LogP contribution in [0.1, 0.15) is 24.1 Å². The van der Waals surface area contributed by atoms with Crippen molar-refractivity contribution in [3.05, 3.63) is 64.4 Å². The number of halogens is 2. The topological polar surface area (TPSA) is 21.3 Å². The summed E-state index contributed by atoms with van der Waals surface area (Å²) in [6, 6.07) is 12.8. The summed E-state index contributed by atoms with van der Waals surface area (Å²) in [7, 11) is 1.46. The van der Waals surface area contributed by atoms with E-state index in [9.17, 15) is 4.39 Å². The van der Waals surface area contributed by atoms with Crippen molar-refractivity contribution in [1.29, 1.82) is 0 Å². The van der Waals surface area contributed by atoms with Crippen molar-refractivity contribution in [2.45, 2.75) is 19.5 Å². The van der Waals surface area contributed by atoms with E-state index < -0.39 is 0 Å². The largest absolute Gasteiger partial charge is 0.494 e. The number of hydrogen-bond donors (Lipinski definition) is 1. The van der Waals surface area contributed by atoms with Gasteiger partial charge in [-0.15, -0.1) is 0 Å². The van der Waals surface area contributed by atoms with Crippen LogP contribution in [-0.4, -0.2) is 7.11 Å². The molecule has 2 aromatic carbocycles. The Hall–Kier alpha value is -1.58. The van der Waals surface area contributed by atoms with Gasteiger partial charge in [-0.1, -0.05) is 41.9 Å². The Balaban J connectivity index is 2.08. The molecule has 0 unspecified atom stereocenters. The lowest BCUT2D eigenvalue weighted by atomic mass is 10.1. The number of hydrogen-bond acceptors (Lipinski definition) is 2. The SMILES string of the molecule is COc1cccc(CN[C@@H](C)c2ccccc2Cl)c1F. The van der Waals surface area contributed by atoms with Gasteiger partial charge in [-0.2, -0.15) is 0 Å². The van der Waals surface area contributed by atoms with E-state index in [1.54, 1.807) is 18.2 Å². The number of methoxy groups -OCH3 is 1. The van der Waals surface area contributed by atoms with Gasteiger partial charge in [-0.3, -0.25) is 0 Å². The molecule has 4 heteroatoms. The van der Waals surface area contributed by atoms with Gasteiger partial charge in [0.05, 0.1) is 7.11 Å². The molecule has 1 N–H and O–H groups in total. The number of rotatable bonds is 5. The fourth-order valence-electron chi connectivity index (χ4n) is 2.05. The molecule has 0 bridgehead atoms. The zero-order chi connectivity index (χ0) is 14.5. The highest BCUT2D eigenvalue weighted by atomic mass is 35.5. The standard InChI is InChI=1S/C16H17ClFNO/c1-11(13-7-3-4-8-14(13)17)19-10-12-6-5-9-15(20-2)16(12)18/h3-9,11,19H,10H2,1-2H3/t11-/m0/s1. The number of ether oxygens (including phenoxy) is 1. The Morgan fingerprint density at radius 3 is 2.65 bits per heavy atom. The Labute approximate surface area is 123 Å². The molecule has 1 atom stereocenters. The van der Waals surface area contributed by atoms with Crippen LogP contribution in [-0.2, 0) is 6.54 Å². The minimum absolute atomic E-state index is 0.0364. The maximum absolute atomic E-state index is 14.0. The molecule has 20 heavy (non-hydrogen) atoms. The Morgan fingerprint density at radius 1 is 1.20 bits per heavy atom. The molecule has 106 valence electrons. The van der Waals surface area contributed by atoms with Gasteiger partial charge >= 0.3 is 0 Å². The maximum Gasteiger partial charge on any atom is 0.169 e. The third-order valence-corrected chi connectivity index (χ3v) is 3.58. The van der Waals surface area contributed by atoms with Crippen LogP contribution in [0.15, 0.2) is 42.5 Å². The highest BCUT2D eigenvalue weighted by molar-refractivity contribution is 6.31. The molecule has 0 fully saturated rings. The van der Waals surface area contributed by atoms with Gasteiger partial charge < -0.3 is 10.1 Å². The van der Waals surface area contributed by atoms with Crippen molar-refractivity contribution in [3.8, 4) is 5.75 Å². The van der Waals surface area contributed by atoms with Gasteiger partial charge in [0, 0.05) is 23.2 Å². The van der Waals surface area contributed by atoms with Gasteiger partial charge in [0.25, 0.3) is 0 Å². The Bertz CT molecular complexity index is 588. The Morgan fingerprint density at radius 2 is 1.95 bits per heavy atom. The zero-order valence-corrected chi connectivity index (χ0v) is 12.2. The lowest BCUT2D eigenvalue weighted by Gasteiger charge is -2.16. The summed E-state index contributed by atoms with van der Waals surface area (Å²) in [5, 5.41) is 3.98. The molecule has 0 saturated heterocycles. The zero-order valence-electron chi connectivity index (χ0n) is 11.5. The molecule has 0 aromatic heterocycles. The Kier molecular flexibility index (Phi) is 4.99. The smallest absolute Gasteiger partial charge is 0.169 e. The van der Waals surface area contributed by atoms with Crippen molar-refractivity contribution >= 4 is 11.6 Å². The van der Waals surface area contributed by atoms with Crippen molar-refractivity contribution < 1.29 is 9.13 Å². The molecule has 0 saturated carbocycles. The van der Waals surface area contributed by atoms with Crippen LogP contribution in [0.3, 0.4) is 0 Å². The maximum atomic E-state index is 14.0. The summed E-state index contributed by atoms with van der Waals surface area (Å²) in [6.45, 7) is 2.41. The molecule has 2 rings (SSSR count). The summed E-state index contributed by atoms with van der Waals surface area (Å²) < 4.78 is 19.0. The molecule has 0 aliphatic rings. The van der Waals surface area contributed by atoms with Gasteiger partial charge in [0.15, 0.2) is 11.6 Å². The predicted octanol–water partition coefficient (Wildman–Crippen LogP) is 4.34. The molecule has 0 aliphatic carbocycles. The van der Waals surface area contributed by atoms with E-state index in [0.29, 0.717) is 17.1 Å². The van der Waals surface area contributed by atoms with E-state index in [0.717, 1.165) is 5.56 Å². The number of nitrogens with one attached hydrogen (secondary N) is 1. The predicted molar refractivity (Wildman–Crippen MR) is 79.7 cm³/mol. The molecule has 0 aliphatic heterocycles. The second kappa shape index (κ2) is 6.73. The van der Waals surface area contributed by atoms with Gasteiger partial charge in [-0.05, 0) is 24.6 Å². The molecular formula is C16H17ClFNO. The average molecular weight is 294 g/mol. The molecular weight excluding hydrogens is 277 g/mol. The van der Waals surface area contributed by atoms with Crippen LogP contribution >= 0.6 is 11.6 Å². The monoisotopic (exact) mass is 293 g/mol. The van der Waals surface area contributed by atoms with Crippen LogP contribution in [0.2, 0.25) is 5.02 Å². The van der Waals surface area contributed by atoms with Crippen LogP contribution in [0.25, 0.3) is 0 Å². The van der Waals surface area contributed by atoms with Crippen LogP contribution < -0.4 is 10.1 Å². The molecule has 2 aromatic rings. The van der Waals surface area contributed by atoms with Crippen molar-refractivity contribution in [2.24, 2.45) is 0 Å². The van der Waals surface area contributed by atoms with Gasteiger partial charge in [-0.25, -0.2) is 4.39 Å². The normalized spacial score (nSPS) is 12.2. The fourth-order valence-corrected chi connectivity index (χ4v) is 2.35. The first kappa shape index (κ1) is 14.8. The van der Waals surface area contributed by atoms with E-state index in [2.05, 4.69) is 5.32 Å². The minimum Gasteiger partial charge on any atom is -0.494 e. The highest BCUT2D eigenvalue weighted by Gasteiger charge is 2.11. The van der Waals surface area contributed by atoms with E-state index in [1.807, 2.05) is 31.2 Å². The summed E-state index contributed by atoms with van der Waals surface area (Å²) in [6.07, 6.45) is 0. The molecule has 0 amide bonds. The summed E-state index contributed by atoms with van der Waals surface area (Å²) in [5.74, 6) is -0.0662. The van der Waals surface area contributed by atoms with Crippen LogP contribution in [0.4, 0.5) is 4.39 Å². The molecule has 0 radical (unpaired) electrons. The first-order valence-electron chi connectivity index (χ1n) is 6.42. The van der Waals surface area contributed by atoms with E-state index in [4.69, 9.17) is 16.3 Å². The first-order chi connectivity index (χ1) is 9.63. The summed E-state index contributed by atoms with van der Waals surface area (Å²) in [4.78, 5) is 0. The second-order valence-corrected chi connectivity index (χ2v) is 4.96. The number of benzene rings is 2. The lowest BCUT2D eigenvalue weighted by Crippen LogP contribution is -2.19. The third-order valence-electron chi connectivity index (χ3n) is 3.23. The average Bonchev–Trinajstić information content (AvgIpc) is 2.46. The lowest BCUT2D eigenvalue weighted by molar-refractivity contribution is 0.382. The summed E-state index contributed by atoms with van der Waals surface area (Å²) in [5.41, 5.74) is 1.57. The van der Waals surface area contributed by atoms with E-state index in [1.165, 1.54) is 7.11 Å². The molecule has 0 heterocycles. The highest BCUT2D eigenvalue weighted by Crippen LogP contribution is 2.24. The first-order valence-corrected chi connectivity index (χ1v) is 6.80. The summed E-state index contributed by atoms with van der Waals surface area (Å²) >= 11 is 6.15. The third kappa shape index (κ3) is 3.30. The van der Waals surface area contributed by atoms with Gasteiger partial charge in [0.2, 0.25) is 0 Å². The fraction of sp³-hybridized carbons (Fsp3) is 0.250. The second-order valence-electron chi connectivity index (χ2n) is 4.56. The molecule has 2 nitrogen and oxygen atoms in total. The minimum atomic E-state index is -0.325. The molecule has 0 spiro atoms. The van der Waals surface area contributed by atoms with Crippen LogP contribution in [0.5, 0.6) is 5.75 Å². The van der Waals surface area contributed by atoms with Crippen molar-refractivity contribution in [1.82, 2.24) is 5.32 Å².